The highest BCUT2D eigenvalue weighted by Crippen LogP contribution is 2.20. The summed E-state index contributed by atoms with van der Waals surface area (Å²) < 4.78 is 15.7. The van der Waals surface area contributed by atoms with Crippen LogP contribution in [0.2, 0.25) is 0 Å². The van der Waals surface area contributed by atoms with Gasteiger partial charge in [-0.25, -0.2) is 14.4 Å². The van der Waals surface area contributed by atoms with E-state index < -0.39 is 0 Å². The minimum Gasteiger partial charge on any atom is -0.371 e. The molecule has 1 fully saturated rings. The van der Waals surface area contributed by atoms with Crippen molar-refractivity contribution >= 4 is 35.6 Å². The lowest BCUT2D eigenvalue weighted by Crippen LogP contribution is -2.48. The molecule has 1 aliphatic heterocycles. The largest absolute Gasteiger partial charge is 0.371 e. The van der Waals surface area contributed by atoms with Crippen molar-refractivity contribution in [1.82, 2.24) is 20.2 Å². The molecule has 2 N–H and O–H groups in total. The lowest BCUT2D eigenvalue weighted by atomic mass is 10.0. The molecular formula is C22H34FIN6. The normalized spacial score (nSPS) is 15.2. The molecule has 30 heavy (non-hydrogen) atoms. The second-order valence-corrected chi connectivity index (χ2v) is 7.97. The quantitative estimate of drug-likeness (QED) is 0.324. The first-order chi connectivity index (χ1) is 14.0. The minimum absolute atomic E-state index is 0. The highest BCUT2D eigenvalue weighted by atomic mass is 127. The van der Waals surface area contributed by atoms with Crippen molar-refractivity contribution in [2.24, 2.45) is 10.9 Å². The molecule has 2 heterocycles. The summed E-state index contributed by atoms with van der Waals surface area (Å²) in [4.78, 5) is 11.5. The summed E-state index contributed by atoms with van der Waals surface area (Å²) >= 11 is 0. The van der Waals surface area contributed by atoms with Gasteiger partial charge in [0.25, 0.3) is 0 Å². The molecule has 6 nitrogen and oxygen atoms in total. The van der Waals surface area contributed by atoms with Crippen molar-refractivity contribution in [3.05, 3.63) is 48.3 Å². The molecule has 0 atom stereocenters. The monoisotopic (exact) mass is 528 g/mol. The summed E-state index contributed by atoms with van der Waals surface area (Å²) in [6, 6.07) is 7.20. The predicted octanol–water partition coefficient (Wildman–Crippen LogP) is 4.02. The number of aliphatic imine (C=N–C) groups is 1. The molecule has 0 amide bonds. The number of benzene rings is 1. The van der Waals surface area contributed by atoms with Crippen molar-refractivity contribution in [3.8, 4) is 0 Å². The Bertz CT molecular complexity index is 798. The zero-order chi connectivity index (χ0) is 20.6. The van der Waals surface area contributed by atoms with Crippen LogP contribution in [0.3, 0.4) is 0 Å². The van der Waals surface area contributed by atoms with E-state index in [9.17, 15) is 4.39 Å². The number of hydrogen-bond donors (Lipinski definition) is 2. The lowest BCUT2D eigenvalue weighted by Gasteiger charge is -2.34. The highest BCUT2D eigenvalue weighted by molar-refractivity contribution is 14.0. The van der Waals surface area contributed by atoms with Gasteiger partial charge in [0.15, 0.2) is 5.96 Å². The van der Waals surface area contributed by atoms with Gasteiger partial charge in [0.1, 0.15) is 18.2 Å². The molecule has 3 rings (SSSR count). The van der Waals surface area contributed by atoms with Crippen LogP contribution in [0.25, 0.3) is 0 Å². The Labute approximate surface area is 196 Å². The van der Waals surface area contributed by atoms with Gasteiger partial charge in [0, 0.05) is 50.3 Å². The molecule has 0 bridgehead atoms. The summed E-state index contributed by atoms with van der Waals surface area (Å²) in [6.45, 7) is 10.6. The number of aromatic nitrogens is 2. The number of anilines is 1. The van der Waals surface area contributed by atoms with Crippen molar-refractivity contribution < 1.29 is 4.39 Å². The number of hydrogen-bond acceptors (Lipinski definition) is 3. The fourth-order valence-corrected chi connectivity index (χ4v) is 3.67. The Morgan fingerprint density at radius 2 is 2.07 bits per heavy atom. The number of imidazole rings is 1. The fourth-order valence-electron chi connectivity index (χ4n) is 3.67. The first-order valence-electron chi connectivity index (χ1n) is 10.6. The van der Waals surface area contributed by atoms with Gasteiger partial charge in [-0.15, -0.1) is 24.0 Å². The molecule has 0 unspecified atom stereocenters. The van der Waals surface area contributed by atoms with Crippen LogP contribution in [0.5, 0.6) is 0 Å². The zero-order valence-corrected chi connectivity index (χ0v) is 20.5. The first kappa shape index (κ1) is 24.4. The van der Waals surface area contributed by atoms with Crippen molar-refractivity contribution in [3.63, 3.8) is 0 Å². The molecular weight excluding hydrogens is 494 g/mol. The summed E-state index contributed by atoms with van der Waals surface area (Å²) in [7, 11) is 0. The Morgan fingerprint density at radius 1 is 1.30 bits per heavy atom. The van der Waals surface area contributed by atoms with Crippen LogP contribution < -0.4 is 15.5 Å². The van der Waals surface area contributed by atoms with Crippen LogP contribution in [0, 0.1) is 11.7 Å². The Balaban J connectivity index is 0.00000320. The maximum atomic E-state index is 13.5. The fraction of sp³-hybridized carbons (Fsp3) is 0.545. The van der Waals surface area contributed by atoms with Gasteiger partial charge in [-0.2, -0.15) is 0 Å². The third kappa shape index (κ3) is 7.14. The maximum absolute atomic E-state index is 13.5. The number of guanidine groups is 1. The highest BCUT2D eigenvalue weighted by Gasteiger charge is 2.20. The molecule has 1 saturated heterocycles. The molecule has 0 spiro atoms. The average Bonchev–Trinajstić information content (AvgIpc) is 3.13. The number of halogens is 2. The van der Waals surface area contributed by atoms with E-state index in [1.807, 2.05) is 18.5 Å². The van der Waals surface area contributed by atoms with E-state index in [1.54, 1.807) is 12.1 Å². The van der Waals surface area contributed by atoms with E-state index >= 15 is 0 Å². The molecule has 0 radical (unpaired) electrons. The summed E-state index contributed by atoms with van der Waals surface area (Å²) in [5.74, 6) is 2.20. The van der Waals surface area contributed by atoms with E-state index in [2.05, 4.69) is 45.9 Å². The molecule has 2 aromatic rings. The van der Waals surface area contributed by atoms with Crippen LogP contribution in [0.4, 0.5) is 10.1 Å². The Hall–Kier alpha value is -1.84. The molecule has 1 aromatic heterocycles. The van der Waals surface area contributed by atoms with Crippen LogP contribution in [0.1, 0.15) is 39.4 Å². The molecule has 1 aliphatic rings. The number of piperidine rings is 1. The lowest BCUT2D eigenvalue weighted by molar-refractivity contribution is 0.460. The van der Waals surface area contributed by atoms with Crippen LogP contribution in [-0.2, 0) is 13.1 Å². The standard InChI is InChI=1S/C22H33FN6.HI/c1-4-24-22(26-15-21-25-10-13-29(21)16-17(2)3)27-19-8-11-28(12-9-19)20-7-5-6-18(23)14-20;/h5-7,10,13-14,17,19H,4,8-9,11-12,15-16H2,1-3H3,(H2,24,26,27);1H. The summed E-state index contributed by atoms with van der Waals surface area (Å²) in [5.41, 5.74) is 0.959. The Morgan fingerprint density at radius 3 is 2.73 bits per heavy atom. The number of nitrogens with zero attached hydrogens (tertiary/aromatic N) is 4. The van der Waals surface area contributed by atoms with Crippen molar-refractivity contribution in [2.45, 2.75) is 52.7 Å². The molecule has 0 saturated carbocycles. The van der Waals surface area contributed by atoms with Gasteiger partial charge in [0.05, 0.1) is 0 Å². The van der Waals surface area contributed by atoms with E-state index in [-0.39, 0.29) is 29.8 Å². The first-order valence-corrected chi connectivity index (χ1v) is 10.6. The van der Waals surface area contributed by atoms with Crippen LogP contribution >= 0.6 is 24.0 Å². The number of rotatable bonds is 7. The van der Waals surface area contributed by atoms with E-state index in [1.165, 1.54) is 6.07 Å². The van der Waals surface area contributed by atoms with E-state index in [4.69, 9.17) is 4.99 Å². The van der Waals surface area contributed by atoms with E-state index in [0.717, 1.165) is 56.5 Å². The second-order valence-electron chi connectivity index (χ2n) is 7.97. The van der Waals surface area contributed by atoms with Gasteiger partial charge < -0.3 is 20.1 Å². The van der Waals surface area contributed by atoms with Crippen molar-refractivity contribution in [1.29, 1.82) is 0 Å². The van der Waals surface area contributed by atoms with Crippen LogP contribution in [0.15, 0.2) is 41.7 Å². The van der Waals surface area contributed by atoms with Crippen molar-refractivity contribution in [2.75, 3.05) is 24.5 Å². The van der Waals surface area contributed by atoms with Gasteiger partial charge in [-0.05, 0) is 43.9 Å². The number of nitrogens with one attached hydrogen (secondary N) is 2. The topological polar surface area (TPSA) is 57.5 Å². The smallest absolute Gasteiger partial charge is 0.191 e. The van der Waals surface area contributed by atoms with E-state index in [0.29, 0.717) is 18.5 Å². The van der Waals surface area contributed by atoms with Gasteiger partial charge >= 0.3 is 0 Å². The third-order valence-corrected chi connectivity index (χ3v) is 5.10. The zero-order valence-electron chi connectivity index (χ0n) is 18.1. The molecule has 166 valence electrons. The third-order valence-electron chi connectivity index (χ3n) is 5.10. The molecule has 8 heteroatoms. The summed E-state index contributed by atoms with van der Waals surface area (Å²) in [6.07, 6.45) is 5.84. The SMILES string of the molecule is CCNC(=NCc1nccn1CC(C)C)NC1CCN(c2cccc(F)c2)CC1.I. The Kier molecular flexibility index (Phi) is 9.87. The summed E-state index contributed by atoms with van der Waals surface area (Å²) in [5, 5.41) is 6.91. The molecule has 0 aliphatic carbocycles. The van der Waals surface area contributed by atoms with Gasteiger partial charge in [-0.1, -0.05) is 19.9 Å². The second kappa shape index (κ2) is 12.1. The van der Waals surface area contributed by atoms with Gasteiger partial charge in [-0.3, -0.25) is 0 Å². The minimum atomic E-state index is -0.180. The average molecular weight is 528 g/mol. The van der Waals surface area contributed by atoms with Crippen LogP contribution in [-0.4, -0.2) is 41.2 Å². The maximum Gasteiger partial charge on any atom is 0.191 e. The van der Waals surface area contributed by atoms with Gasteiger partial charge in [0.2, 0.25) is 0 Å². The molecule has 1 aromatic carbocycles. The predicted molar refractivity (Wildman–Crippen MR) is 132 cm³/mol.